The van der Waals surface area contributed by atoms with Crippen LogP contribution in [0.4, 0.5) is 34.1 Å². The average molecular weight is 873 g/mol. The van der Waals surface area contributed by atoms with Gasteiger partial charge in [0.2, 0.25) is 0 Å². The molecule has 11 aromatic rings. The molecule has 1 aliphatic carbocycles. The van der Waals surface area contributed by atoms with Crippen LogP contribution in [0.3, 0.4) is 0 Å². The normalized spacial score (nSPS) is 13.1. The molecule has 0 radical (unpaired) electrons. The first-order valence-electron chi connectivity index (χ1n) is 23.1. The molecule has 10 aromatic carbocycles. The van der Waals surface area contributed by atoms with Crippen molar-refractivity contribution in [3.63, 3.8) is 0 Å². The van der Waals surface area contributed by atoms with E-state index in [9.17, 15) is 0 Å². The standard InChI is InChI=1S/C64H44N2S/c1-5-17-44(18-6-1)45-29-34-53(35-30-45)65(54-36-31-46(32-37-54)47-33-40-60-49(41-47)42-48-19-13-15-27-59(48)66(60)52-24-11-4-12-25-52)55-38-39-56-58(43-55)64(50-20-7-2-8-21-50,51-22-9-3-10-23-51)63-62(56)57-26-14-16-28-61(57)67-63/h1-41,43H,42H2. The summed E-state index contributed by atoms with van der Waals surface area (Å²) in [6.07, 6.45) is 0.891. The van der Waals surface area contributed by atoms with Gasteiger partial charge < -0.3 is 9.80 Å². The summed E-state index contributed by atoms with van der Waals surface area (Å²) < 4.78 is 1.32. The number of hydrogen-bond donors (Lipinski definition) is 0. The van der Waals surface area contributed by atoms with Crippen molar-refractivity contribution >= 4 is 55.5 Å². The van der Waals surface area contributed by atoms with Gasteiger partial charge in [0.1, 0.15) is 0 Å². The number of para-hydroxylation sites is 2. The van der Waals surface area contributed by atoms with E-state index in [1.54, 1.807) is 0 Å². The Morgan fingerprint density at radius 2 is 0.925 bits per heavy atom. The van der Waals surface area contributed by atoms with Crippen molar-refractivity contribution in [2.24, 2.45) is 0 Å². The van der Waals surface area contributed by atoms with Crippen molar-refractivity contribution in [2.45, 2.75) is 11.8 Å². The number of nitrogens with zero attached hydrogens (tertiary/aromatic N) is 2. The highest BCUT2D eigenvalue weighted by molar-refractivity contribution is 7.20. The van der Waals surface area contributed by atoms with Crippen molar-refractivity contribution < 1.29 is 0 Å². The zero-order valence-corrected chi connectivity index (χ0v) is 37.6. The van der Waals surface area contributed by atoms with Gasteiger partial charge in [0.05, 0.1) is 5.41 Å². The summed E-state index contributed by atoms with van der Waals surface area (Å²) in [6.45, 7) is 0. The van der Waals surface area contributed by atoms with Crippen LogP contribution in [0.5, 0.6) is 0 Å². The van der Waals surface area contributed by atoms with E-state index in [0.29, 0.717) is 0 Å². The van der Waals surface area contributed by atoms with E-state index in [1.807, 2.05) is 11.3 Å². The third-order valence-corrected chi connectivity index (χ3v) is 15.2. The number of fused-ring (bicyclic) bond motifs is 7. The fraction of sp³-hybridized carbons (Fsp3) is 0.0312. The predicted octanol–water partition coefficient (Wildman–Crippen LogP) is 17.4. The van der Waals surface area contributed by atoms with E-state index in [4.69, 9.17) is 0 Å². The van der Waals surface area contributed by atoms with Gasteiger partial charge in [-0.05, 0) is 128 Å². The van der Waals surface area contributed by atoms with E-state index < -0.39 is 5.41 Å². The molecule has 0 saturated carbocycles. The molecule has 1 aromatic heterocycles. The summed E-state index contributed by atoms with van der Waals surface area (Å²) in [5.74, 6) is 0. The Balaban J connectivity index is 0.959. The fourth-order valence-electron chi connectivity index (χ4n) is 10.9. The van der Waals surface area contributed by atoms with Gasteiger partial charge in [-0.1, -0.05) is 182 Å². The molecule has 67 heavy (non-hydrogen) atoms. The molecule has 0 atom stereocenters. The highest BCUT2D eigenvalue weighted by Crippen LogP contribution is 2.61. The second-order valence-corrected chi connectivity index (χ2v) is 18.7. The Morgan fingerprint density at radius 3 is 1.61 bits per heavy atom. The first kappa shape index (κ1) is 39.2. The molecular weight excluding hydrogens is 829 g/mol. The minimum absolute atomic E-state index is 0.511. The van der Waals surface area contributed by atoms with Crippen molar-refractivity contribution in [1.29, 1.82) is 0 Å². The van der Waals surface area contributed by atoms with Crippen LogP contribution in [0.25, 0.3) is 43.5 Å². The predicted molar refractivity (Wildman–Crippen MR) is 282 cm³/mol. The van der Waals surface area contributed by atoms with Crippen LogP contribution in [0.2, 0.25) is 0 Å². The van der Waals surface area contributed by atoms with Crippen molar-refractivity contribution in [1.82, 2.24) is 0 Å². The molecule has 0 saturated heterocycles. The fourth-order valence-corrected chi connectivity index (χ4v) is 12.4. The van der Waals surface area contributed by atoms with Gasteiger partial charge in [-0.2, -0.15) is 0 Å². The minimum Gasteiger partial charge on any atom is -0.310 e. The van der Waals surface area contributed by atoms with Crippen LogP contribution in [-0.4, -0.2) is 0 Å². The largest absolute Gasteiger partial charge is 0.310 e. The summed E-state index contributed by atoms with van der Waals surface area (Å²) in [6, 6.07) is 93.9. The molecule has 0 spiro atoms. The third kappa shape index (κ3) is 6.38. The Bertz CT molecular complexity index is 3540. The summed E-state index contributed by atoms with van der Waals surface area (Å²) in [7, 11) is 0. The number of rotatable bonds is 8. The summed E-state index contributed by atoms with van der Waals surface area (Å²) in [4.78, 5) is 6.22. The molecule has 2 nitrogen and oxygen atoms in total. The van der Waals surface area contributed by atoms with Gasteiger partial charge in [-0.3, -0.25) is 0 Å². The highest BCUT2D eigenvalue weighted by atomic mass is 32.1. The molecule has 316 valence electrons. The number of benzene rings is 10. The van der Waals surface area contributed by atoms with Crippen LogP contribution in [-0.2, 0) is 11.8 Å². The second kappa shape index (κ2) is 16.0. The maximum atomic E-state index is 2.48. The number of hydrogen-bond acceptors (Lipinski definition) is 3. The average Bonchev–Trinajstić information content (AvgIpc) is 3.92. The molecule has 3 heteroatoms. The van der Waals surface area contributed by atoms with E-state index in [2.05, 4.69) is 265 Å². The first-order valence-corrected chi connectivity index (χ1v) is 23.9. The van der Waals surface area contributed by atoms with Crippen LogP contribution in [0, 0.1) is 0 Å². The van der Waals surface area contributed by atoms with Gasteiger partial charge in [0.15, 0.2) is 0 Å². The topological polar surface area (TPSA) is 6.48 Å². The van der Waals surface area contributed by atoms with Gasteiger partial charge in [0.25, 0.3) is 0 Å². The second-order valence-electron chi connectivity index (χ2n) is 17.6. The van der Waals surface area contributed by atoms with Crippen molar-refractivity contribution in [3.8, 4) is 33.4 Å². The Labute approximate surface area is 396 Å². The van der Waals surface area contributed by atoms with Crippen LogP contribution in [0.15, 0.2) is 255 Å². The summed E-state index contributed by atoms with van der Waals surface area (Å²) in [5, 5.41) is 1.31. The minimum atomic E-state index is -0.511. The van der Waals surface area contributed by atoms with Gasteiger partial charge in [-0.15, -0.1) is 11.3 Å². The molecule has 1 aliphatic heterocycles. The molecule has 0 N–H and O–H groups in total. The SMILES string of the molecule is c1ccc(-c2ccc(N(c3ccc(-c4ccc5c(c4)Cc4ccccc4N5c4ccccc4)cc3)c3ccc4c(c3)C(c3ccccc3)(c3ccccc3)c3sc5ccccc5c3-4)cc2)cc1. The van der Waals surface area contributed by atoms with Crippen molar-refractivity contribution in [3.05, 3.63) is 287 Å². The van der Waals surface area contributed by atoms with Gasteiger partial charge >= 0.3 is 0 Å². The number of thiophene rings is 1. The zero-order chi connectivity index (χ0) is 44.3. The maximum absolute atomic E-state index is 2.48. The third-order valence-electron chi connectivity index (χ3n) is 13.9. The van der Waals surface area contributed by atoms with E-state index in [0.717, 1.165) is 23.5 Å². The molecular formula is C64H44N2S. The summed E-state index contributed by atoms with van der Waals surface area (Å²) >= 11 is 1.93. The van der Waals surface area contributed by atoms with E-state index in [1.165, 1.54) is 93.2 Å². The van der Waals surface area contributed by atoms with E-state index in [-0.39, 0.29) is 0 Å². The van der Waals surface area contributed by atoms with Crippen molar-refractivity contribution in [2.75, 3.05) is 9.80 Å². The van der Waals surface area contributed by atoms with Gasteiger partial charge in [0, 0.05) is 61.1 Å². The highest BCUT2D eigenvalue weighted by Gasteiger charge is 2.48. The molecule has 0 amide bonds. The number of anilines is 6. The molecule has 0 bridgehead atoms. The lowest BCUT2D eigenvalue weighted by molar-refractivity contribution is 0.785. The lowest BCUT2D eigenvalue weighted by Crippen LogP contribution is -2.28. The smallest absolute Gasteiger partial charge is 0.0808 e. The van der Waals surface area contributed by atoms with Gasteiger partial charge in [-0.25, -0.2) is 0 Å². The van der Waals surface area contributed by atoms with E-state index >= 15 is 0 Å². The van der Waals surface area contributed by atoms with Crippen LogP contribution in [0.1, 0.15) is 32.7 Å². The molecule has 0 fully saturated rings. The summed E-state index contributed by atoms with van der Waals surface area (Å²) in [5.41, 5.74) is 20.4. The quantitative estimate of drug-likeness (QED) is 0.150. The zero-order valence-electron chi connectivity index (χ0n) is 36.8. The molecule has 2 aliphatic rings. The Morgan fingerprint density at radius 1 is 0.403 bits per heavy atom. The maximum Gasteiger partial charge on any atom is 0.0808 e. The monoisotopic (exact) mass is 872 g/mol. The Hall–Kier alpha value is -8.24. The lowest BCUT2D eigenvalue weighted by atomic mass is 9.70. The lowest BCUT2D eigenvalue weighted by Gasteiger charge is -2.34. The van der Waals surface area contributed by atoms with Crippen LogP contribution >= 0.6 is 11.3 Å². The van der Waals surface area contributed by atoms with Crippen LogP contribution < -0.4 is 9.80 Å². The Kier molecular flexibility index (Phi) is 9.36. The first-order chi connectivity index (χ1) is 33.2. The molecule has 0 unspecified atom stereocenters. The molecule has 2 heterocycles. The molecule has 13 rings (SSSR count).